The minimum absolute atomic E-state index is 0.162. The molecule has 2 aromatic carbocycles. The predicted octanol–water partition coefficient (Wildman–Crippen LogP) is 5.80. The largest absolute Gasteiger partial charge is 0.495 e. The fraction of sp³-hybridized carbons (Fsp3) is 0.0500. The Kier molecular flexibility index (Phi) is 5.66. The summed E-state index contributed by atoms with van der Waals surface area (Å²) >= 11 is 11.0. The van der Waals surface area contributed by atoms with Crippen molar-refractivity contribution in [2.45, 2.75) is 0 Å². The highest BCUT2D eigenvalue weighted by Gasteiger charge is 2.14. The monoisotopic (exact) mass is 489 g/mol. The molecule has 2 aromatic heterocycles. The molecule has 0 aliphatic heterocycles. The summed E-state index contributed by atoms with van der Waals surface area (Å²) in [6.07, 6.45) is 1.62. The molecule has 0 aliphatic rings. The molecule has 4 aromatic rings. The molecule has 0 aliphatic carbocycles. The van der Waals surface area contributed by atoms with Crippen LogP contribution < -0.4 is 15.6 Å². The zero-order chi connectivity index (χ0) is 20.4. The second-order valence-electron chi connectivity index (χ2n) is 5.87. The number of carbonyl (C=O) groups is 1. The van der Waals surface area contributed by atoms with Crippen LogP contribution in [0.1, 0.15) is 10.4 Å². The van der Waals surface area contributed by atoms with Crippen molar-refractivity contribution in [2.24, 2.45) is 4.99 Å². The fourth-order valence-electron chi connectivity index (χ4n) is 2.64. The van der Waals surface area contributed by atoms with E-state index in [4.69, 9.17) is 20.8 Å². The van der Waals surface area contributed by atoms with Crippen molar-refractivity contribution < 1.29 is 13.9 Å². The highest BCUT2D eigenvalue weighted by Crippen LogP contribution is 2.28. The SMILES string of the molecule is COc1ccc(N=c2oc3ccc(Br)cc3cc2C(=O)Nc2nccs2)cc1Cl. The molecular weight excluding hydrogens is 478 g/mol. The number of carbonyl (C=O) groups excluding carboxylic acids is 1. The van der Waals surface area contributed by atoms with E-state index in [2.05, 4.69) is 31.2 Å². The lowest BCUT2D eigenvalue weighted by molar-refractivity contribution is 0.102. The molecule has 0 bridgehead atoms. The predicted molar refractivity (Wildman–Crippen MR) is 117 cm³/mol. The van der Waals surface area contributed by atoms with E-state index < -0.39 is 0 Å². The molecule has 9 heteroatoms. The Bertz CT molecular complexity index is 1270. The van der Waals surface area contributed by atoms with Crippen molar-refractivity contribution >= 4 is 66.6 Å². The topological polar surface area (TPSA) is 76.7 Å². The second kappa shape index (κ2) is 8.36. The summed E-state index contributed by atoms with van der Waals surface area (Å²) in [6.45, 7) is 0. The van der Waals surface area contributed by atoms with Gasteiger partial charge >= 0.3 is 0 Å². The van der Waals surface area contributed by atoms with Crippen LogP contribution in [0, 0.1) is 0 Å². The summed E-state index contributed by atoms with van der Waals surface area (Å²) in [5.41, 5.74) is 1.56. The van der Waals surface area contributed by atoms with Crippen LogP contribution in [0.4, 0.5) is 10.8 Å². The molecule has 146 valence electrons. The van der Waals surface area contributed by atoms with Gasteiger partial charge < -0.3 is 9.15 Å². The van der Waals surface area contributed by atoms with E-state index in [1.165, 1.54) is 18.4 Å². The summed E-state index contributed by atoms with van der Waals surface area (Å²) in [5, 5.41) is 6.20. The Hall–Kier alpha value is -2.68. The van der Waals surface area contributed by atoms with Crippen molar-refractivity contribution in [1.29, 1.82) is 0 Å². The lowest BCUT2D eigenvalue weighted by atomic mass is 10.1. The van der Waals surface area contributed by atoms with Gasteiger partial charge in [-0.2, -0.15) is 0 Å². The molecule has 0 saturated carbocycles. The zero-order valence-electron chi connectivity index (χ0n) is 15.0. The normalized spacial score (nSPS) is 11.6. The highest BCUT2D eigenvalue weighted by atomic mass is 79.9. The van der Waals surface area contributed by atoms with Crippen molar-refractivity contribution in [2.75, 3.05) is 12.4 Å². The van der Waals surface area contributed by atoms with Gasteiger partial charge in [0.2, 0.25) is 5.55 Å². The standard InChI is InChI=1S/C20H13BrClN3O3S/c1-27-17-5-3-13(10-15(17)22)24-19-14(18(26)25-20-23-6-7-29-20)9-11-8-12(21)2-4-16(11)28-19/h2-10H,1H3,(H,23,25,26). The quantitative estimate of drug-likeness (QED) is 0.392. The summed E-state index contributed by atoms with van der Waals surface area (Å²) in [7, 11) is 1.54. The number of nitrogens with zero attached hydrogens (tertiary/aromatic N) is 2. The molecule has 0 saturated heterocycles. The van der Waals surface area contributed by atoms with Gasteiger partial charge in [-0.1, -0.05) is 27.5 Å². The molecule has 0 radical (unpaired) electrons. The van der Waals surface area contributed by atoms with E-state index in [9.17, 15) is 4.79 Å². The third-order valence-electron chi connectivity index (χ3n) is 3.97. The molecule has 29 heavy (non-hydrogen) atoms. The van der Waals surface area contributed by atoms with Crippen LogP contribution in [0.2, 0.25) is 5.02 Å². The van der Waals surface area contributed by atoms with E-state index in [1.54, 1.807) is 35.8 Å². The number of anilines is 1. The first-order valence-corrected chi connectivity index (χ1v) is 10.4. The number of hydrogen-bond donors (Lipinski definition) is 1. The Labute approximate surface area is 183 Å². The van der Waals surface area contributed by atoms with Gasteiger partial charge in [-0.15, -0.1) is 11.3 Å². The summed E-state index contributed by atoms with van der Waals surface area (Å²) in [4.78, 5) is 21.5. The number of amides is 1. The summed E-state index contributed by atoms with van der Waals surface area (Å²) < 4.78 is 12.0. The second-order valence-corrected chi connectivity index (χ2v) is 8.09. The van der Waals surface area contributed by atoms with Gasteiger partial charge in [0, 0.05) is 21.4 Å². The van der Waals surface area contributed by atoms with Crippen molar-refractivity contribution in [1.82, 2.24) is 4.98 Å². The first kappa shape index (κ1) is 19.6. The van der Waals surface area contributed by atoms with Crippen LogP contribution in [-0.2, 0) is 0 Å². The van der Waals surface area contributed by atoms with Gasteiger partial charge in [-0.25, -0.2) is 9.98 Å². The lowest BCUT2D eigenvalue weighted by Gasteiger charge is -2.06. The molecule has 6 nitrogen and oxygen atoms in total. The van der Waals surface area contributed by atoms with Crippen molar-refractivity contribution in [3.8, 4) is 5.75 Å². The van der Waals surface area contributed by atoms with Gasteiger partial charge in [0.05, 0.1) is 17.8 Å². The number of nitrogens with one attached hydrogen (secondary N) is 1. The first-order chi connectivity index (χ1) is 14.0. The fourth-order valence-corrected chi connectivity index (χ4v) is 3.79. The number of methoxy groups -OCH3 is 1. The number of benzene rings is 2. The Morgan fingerprint density at radius 1 is 1.28 bits per heavy atom. The average molecular weight is 491 g/mol. The van der Waals surface area contributed by atoms with E-state index in [-0.39, 0.29) is 17.0 Å². The zero-order valence-corrected chi connectivity index (χ0v) is 18.1. The molecule has 0 spiro atoms. The van der Waals surface area contributed by atoms with Crippen molar-refractivity contribution in [3.05, 3.63) is 74.7 Å². The maximum absolute atomic E-state index is 12.9. The Morgan fingerprint density at radius 2 is 2.14 bits per heavy atom. The van der Waals surface area contributed by atoms with Crippen LogP contribution in [-0.4, -0.2) is 18.0 Å². The smallest absolute Gasteiger partial charge is 0.262 e. The maximum Gasteiger partial charge on any atom is 0.262 e. The lowest BCUT2D eigenvalue weighted by Crippen LogP contribution is -2.21. The van der Waals surface area contributed by atoms with Crippen LogP contribution in [0.25, 0.3) is 11.0 Å². The van der Waals surface area contributed by atoms with Crippen LogP contribution >= 0.6 is 38.9 Å². The van der Waals surface area contributed by atoms with Crippen LogP contribution in [0.5, 0.6) is 5.75 Å². The van der Waals surface area contributed by atoms with Crippen LogP contribution in [0.3, 0.4) is 0 Å². The van der Waals surface area contributed by atoms with Gasteiger partial charge in [-0.3, -0.25) is 10.1 Å². The number of halogens is 2. The molecule has 0 fully saturated rings. The van der Waals surface area contributed by atoms with Crippen molar-refractivity contribution in [3.63, 3.8) is 0 Å². The van der Waals surface area contributed by atoms with E-state index in [0.29, 0.717) is 27.2 Å². The minimum Gasteiger partial charge on any atom is -0.495 e. The average Bonchev–Trinajstić information content (AvgIpc) is 3.21. The van der Waals surface area contributed by atoms with E-state index in [1.807, 2.05) is 18.2 Å². The maximum atomic E-state index is 12.9. The number of thiazole rings is 1. The Morgan fingerprint density at radius 3 is 2.86 bits per heavy atom. The van der Waals surface area contributed by atoms with Gasteiger partial charge in [0.15, 0.2) is 5.13 Å². The number of fused-ring (bicyclic) bond motifs is 1. The number of aromatic nitrogens is 1. The summed E-state index contributed by atoms with van der Waals surface area (Å²) in [6, 6.07) is 12.3. The highest BCUT2D eigenvalue weighted by molar-refractivity contribution is 9.10. The third kappa shape index (κ3) is 4.34. The molecule has 4 rings (SSSR count). The number of rotatable bonds is 4. The molecule has 2 heterocycles. The third-order valence-corrected chi connectivity index (χ3v) is 5.45. The molecule has 0 unspecified atom stereocenters. The molecule has 1 amide bonds. The molecular formula is C20H13BrClN3O3S. The van der Waals surface area contributed by atoms with E-state index in [0.717, 1.165) is 9.86 Å². The number of hydrogen-bond acceptors (Lipinski definition) is 6. The minimum atomic E-state index is -0.371. The van der Waals surface area contributed by atoms with Gasteiger partial charge in [-0.05, 0) is 42.5 Å². The molecule has 0 atom stereocenters. The van der Waals surface area contributed by atoms with Gasteiger partial charge in [0.25, 0.3) is 5.91 Å². The molecule has 1 N–H and O–H groups in total. The van der Waals surface area contributed by atoms with Gasteiger partial charge in [0.1, 0.15) is 16.9 Å². The van der Waals surface area contributed by atoms with E-state index >= 15 is 0 Å². The first-order valence-electron chi connectivity index (χ1n) is 8.36. The van der Waals surface area contributed by atoms with Crippen LogP contribution in [0.15, 0.2) is 67.9 Å². The summed E-state index contributed by atoms with van der Waals surface area (Å²) in [5.74, 6) is 0.164. The Balaban J connectivity index is 1.87. The number of ether oxygens (including phenoxy) is 1.